The van der Waals surface area contributed by atoms with Gasteiger partial charge in [-0.3, -0.25) is 0 Å². The molecule has 0 atom stereocenters. The van der Waals surface area contributed by atoms with Crippen molar-refractivity contribution in [2.45, 2.75) is 46.1 Å². The number of rotatable bonds is 4. The predicted octanol–water partition coefficient (Wildman–Crippen LogP) is 4.08. The van der Waals surface area contributed by atoms with Gasteiger partial charge in [-0.15, -0.1) is 0 Å². The summed E-state index contributed by atoms with van der Waals surface area (Å²) in [6, 6.07) is 10.5. The molecule has 0 bridgehead atoms. The highest BCUT2D eigenvalue weighted by Gasteiger charge is 2.34. The first-order valence-electron chi connectivity index (χ1n) is 6.68. The van der Waals surface area contributed by atoms with Crippen molar-refractivity contribution in [1.82, 2.24) is 0 Å². The Morgan fingerprint density at radius 3 is 2.22 bits per heavy atom. The van der Waals surface area contributed by atoms with E-state index in [0.29, 0.717) is 0 Å². The molecule has 0 amide bonds. The van der Waals surface area contributed by atoms with Gasteiger partial charge in [-0.1, -0.05) is 43.7 Å². The lowest BCUT2D eigenvalue weighted by Gasteiger charge is -2.15. The molecule has 0 fully saturated rings. The van der Waals surface area contributed by atoms with Crippen molar-refractivity contribution in [2.24, 2.45) is 0 Å². The molecule has 0 aliphatic heterocycles. The first-order chi connectivity index (χ1) is 8.59. The minimum atomic E-state index is 0.0724. The van der Waals surface area contributed by atoms with E-state index in [9.17, 15) is 0 Å². The van der Waals surface area contributed by atoms with Crippen LogP contribution in [0.1, 0.15) is 39.2 Å². The van der Waals surface area contributed by atoms with Crippen LogP contribution in [-0.2, 0) is 5.54 Å². The van der Waals surface area contributed by atoms with Gasteiger partial charge in [0.1, 0.15) is 0 Å². The number of benzene rings is 1. The van der Waals surface area contributed by atoms with Crippen LogP contribution in [0.5, 0.6) is 0 Å². The molecule has 2 heteroatoms. The minimum absolute atomic E-state index is 0.0724. The van der Waals surface area contributed by atoms with Gasteiger partial charge in [-0.2, -0.15) is 0 Å². The summed E-state index contributed by atoms with van der Waals surface area (Å²) in [5.74, 6) is 0.933. The van der Waals surface area contributed by atoms with Crippen LogP contribution >= 0.6 is 0 Å². The third-order valence-corrected chi connectivity index (χ3v) is 3.95. The highest BCUT2D eigenvalue weighted by atomic mass is 16.5. The van der Waals surface area contributed by atoms with Gasteiger partial charge in [-0.05, 0) is 11.7 Å². The van der Waals surface area contributed by atoms with Crippen LogP contribution in [0, 0.1) is 6.92 Å². The summed E-state index contributed by atoms with van der Waals surface area (Å²) >= 11 is 0. The van der Waals surface area contributed by atoms with E-state index in [-0.39, 0.29) is 5.54 Å². The first-order valence-corrected chi connectivity index (χ1v) is 6.68. The first kappa shape index (κ1) is 12.9. The van der Waals surface area contributed by atoms with E-state index in [1.165, 1.54) is 5.56 Å². The quantitative estimate of drug-likeness (QED) is 0.741. The topological polar surface area (TPSA) is 17.0 Å². The molecule has 0 radical (unpaired) electrons. The average Bonchev–Trinajstić information content (AvgIpc) is 2.89. The molecule has 1 heterocycles. The molecule has 0 aliphatic carbocycles. The van der Waals surface area contributed by atoms with Gasteiger partial charge < -0.3 is 0 Å². The Hall–Kier alpha value is -1.57. The van der Waals surface area contributed by atoms with Crippen LogP contribution < -0.4 is 4.74 Å². The van der Waals surface area contributed by atoms with Crippen molar-refractivity contribution in [3.05, 3.63) is 42.1 Å². The van der Waals surface area contributed by atoms with Gasteiger partial charge in [0.05, 0.1) is 6.07 Å². The highest BCUT2D eigenvalue weighted by Crippen LogP contribution is 2.22. The normalized spacial score (nSPS) is 11.8. The second-order valence-corrected chi connectivity index (χ2v) is 5.17. The zero-order valence-corrected chi connectivity index (χ0v) is 11.7. The molecule has 0 aliphatic rings. The standard InChI is InChI=1S/C16H22NO/c1-5-16(4,6-2)17-12-11-15(18-17)14-9-7-13(3)8-10-14/h7-12H,5-6H2,1-4H3/q+1. The molecule has 1 aromatic heterocycles. The lowest BCUT2D eigenvalue weighted by Crippen LogP contribution is -2.51. The average molecular weight is 244 g/mol. The van der Waals surface area contributed by atoms with E-state index in [1.807, 2.05) is 17.0 Å². The van der Waals surface area contributed by atoms with Crippen LogP contribution in [0.15, 0.2) is 41.1 Å². The number of aromatic nitrogens is 1. The molecular weight excluding hydrogens is 222 g/mol. The third kappa shape index (κ3) is 2.33. The molecule has 0 saturated carbocycles. The van der Waals surface area contributed by atoms with E-state index in [1.54, 1.807) is 0 Å². The van der Waals surface area contributed by atoms with E-state index in [4.69, 9.17) is 4.52 Å². The predicted molar refractivity (Wildman–Crippen MR) is 73.3 cm³/mol. The van der Waals surface area contributed by atoms with Crippen LogP contribution in [0.3, 0.4) is 0 Å². The molecule has 96 valence electrons. The SMILES string of the molecule is CCC(C)(CC)[n+]1ccc(-c2ccc(C)cc2)o1. The molecule has 0 unspecified atom stereocenters. The van der Waals surface area contributed by atoms with Gasteiger partial charge in [0, 0.05) is 25.3 Å². The Bertz CT molecular complexity index is 506. The fraction of sp³-hybridized carbons (Fsp3) is 0.438. The molecular formula is C16H22NO+. The third-order valence-electron chi connectivity index (χ3n) is 3.95. The van der Waals surface area contributed by atoms with Crippen molar-refractivity contribution in [3.63, 3.8) is 0 Å². The van der Waals surface area contributed by atoms with E-state index in [2.05, 4.69) is 52.0 Å². The highest BCUT2D eigenvalue weighted by molar-refractivity contribution is 5.56. The van der Waals surface area contributed by atoms with Gasteiger partial charge in [0.2, 0.25) is 17.5 Å². The summed E-state index contributed by atoms with van der Waals surface area (Å²) in [5, 5.41) is 0. The maximum Gasteiger partial charge on any atom is 0.221 e. The maximum absolute atomic E-state index is 5.97. The zero-order chi connectivity index (χ0) is 13.2. The molecule has 0 N–H and O–H groups in total. The smallest absolute Gasteiger partial charge is 0.221 e. The Kier molecular flexibility index (Phi) is 3.55. The summed E-state index contributed by atoms with van der Waals surface area (Å²) in [4.78, 5) is 0. The molecule has 2 rings (SSSR count). The fourth-order valence-electron chi connectivity index (χ4n) is 2.02. The molecule has 0 saturated heterocycles. The van der Waals surface area contributed by atoms with E-state index < -0.39 is 0 Å². The number of nitrogens with zero attached hydrogens (tertiary/aromatic N) is 1. The van der Waals surface area contributed by atoms with Gasteiger partial charge in [0.25, 0.3) is 0 Å². The van der Waals surface area contributed by atoms with Crippen molar-refractivity contribution in [3.8, 4) is 11.3 Å². The zero-order valence-electron chi connectivity index (χ0n) is 11.7. The summed E-state index contributed by atoms with van der Waals surface area (Å²) in [6.45, 7) is 8.72. The summed E-state index contributed by atoms with van der Waals surface area (Å²) in [7, 11) is 0. The van der Waals surface area contributed by atoms with E-state index >= 15 is 0 Å². The monoisotopic (exact) mass is 244 g/mol. The van der Waals surface area contributed by atoms with Crippen molar-refractivity contribution < 1.29 is 9.26 Å². The summed E-state index contributed by atoms with van der Waals surface area (Å²) in [5.41, 5.74) is 2.47. The second kappa shape index (κ2) is 4.97. The lowest BCUT2D eigenvalue weighted by atomic mass is 9.96. The molecule has 2 aromatic rings. The second-order valence-electron chi connectivity index (χ2n) is 5.17. The number of hydrogen-bond donors (Lipinski definition) is 0. The number of aryl methyl sites for hydroxylation is 1. The van der Waals surface area contributed by atoms with E-state index in [0.717, 1.165) is 24.2 Å². The van der Waals surface area contributed by atoms with Gasteiger partial charge in [-0.25, -0.2) is 4.52 Å². The van der Waals surface area contributed by atoms with Crippen molar-refractivity contribution >= 4 is 0 Å². The van der Waals surface area contributed by atoms with Crippen LogP contribution in [-0.4, -0.2) is 0 Å². The Morgan fingerprint density at radius 2 is 1.67 bits per heavy atom. The summed E-state index contributed by atoms with van der Waals surface area (Å²) < 4.78 is 7.96. The Morgan fingerprint density at radius 1 is 1.06 bits per heavy atom. The molecule has 18 heavy (non-hydrogen) atoms. The Labute approximate surface area is 109 Å². The van der Waals surface area contributed by atoms with Crippen LogP contribution in [0.2, 0.25) is 0 Å². The van der Waals surface area contributed by atoms with Gasteiger partial charge >= 0.3 is 0 Å². The molecule has 0 spiro atoms. The minimum Gasteiger partial charge on any atom is -0.236 e. The van der Waals surface area contributed by atoms with Crippen molar-refractivity contribution in [1.29, 1.82) is 0 Å². The lowest BCUT2D eigenvalue weighted by molar-refractivity contribution is -0.911. The fourth-order valence-corrected chi connectivity index (χ4v) is 2.02. The number of hydrogen-bond acceptors (Lipinski definition) is 1. The van der Waals surface area contributed by atoms with Crippen LogP contribution in [0.25, 0.3) is 11.3 Å². The summed E-state index contributed by atoms with van der Waals surface area (Å²) in [6.07, 6.45) is 4.17. The molecule has 1 aromatic carbocycles. The van der Waals surface area contributed by atoms with Crippen LogP contribution in [0.4, 0.5) is 0 Å². The van der Waals surface area contributed by atoms with Crippen molar-refractivity contribution in [2.75, 3.05) is 0 Å². The van der Waals surface area contributed by atoms with Gasteiger partial charge in [0.15, 0.2) is 0 Å². The largest absolute Gasteiger partial charge is 0.236 e. The maximum atomic E-state index is 5.97. The Balaban J connectivity index is 2.33. The molecule has 2 nitrogen and oxygen atoms in total.